The van der Waals surface area contributed by atoms with E-state index in [1.807, 2.05) is 6.92 Å². The number of fused-ring (bicyclic) bond motifs is 2. The number of aromatic nitrogens is 2. The fourth-order valence-electron chi connectivity index (χ4n) is 3.39. The number of anilines is 2. The number of amides is 1. The van der Waals surface area contributed by atoms with Crippen LogP contribution in [0.25, 0.3) is 21.9 Å². The Hall–Kier alpha value is -3.66. The highest BCUT2D eigenvalue weighted by molar-refractivity contribution is 5.98. The highest BCUT2D eigenvalue weighted by Crippen LogP contribution is 2.39. The Bertz CT molecular complexity index is 1170. The predicted octanol–water partition coefficient (Wildman–Crippen LogP) is 2.60. The maximum atomic E-state index is 15.2. The van der Waals surface area contributed by atoms with Gasteiger partial charge in [-0.1, -0.05) is 0 Å². The van der Waals surface area contributed by atoms with Crippen molar-refractivity contribution in [3.05, 3.63) is 35.9 Å². The van der Waals surface area contributed by atoms with E-state index in [1.165, 1.54) is 12.3 Å². The summed E-state index contributed by atoms with van der Waals surface area (Å²) in [4.78, 5) is 20.2. The molecule has 0 unspecified atom stereocenters. The van der Waals surface area contributed by atoms with Crippen molar-refractivity contribution in [3.8, 4) is 22.9 Å². The molecule has 1 aliphatic heterocycles. The summed E-state index contributed by atoms with van der Waals surface area (Å²) >= 11 is 0. The normalized spacial score (nSPS) is 13.7. The van der Waals surface area contributed by atoms with Crippen molar-refractivity contribution in [1.82, 2.24) is 15.3 Å². The van der Waals surface area contributed by atoms with Crippen LogP contribution in [0.1, 0.15) is 12.5 Å². The lowest BCUT2D eigenvalue weighted by Crippen LogP contribution is -2.37. The molecule has 0 aliphatic carbocycles. The highest BCUT2D eigenvalue weighted by Gasteiger charge is 2.21. The second kappa shape index (κ2) is 8.23. The number of nitrogen functional groups attached to an aromatic ring is 1. The molecule has 0 saturated heterocycles. The molecule has 9 nitrogen and oxygen atoms in total. The van der Waals surface area contributed by atoms with Gasteiger partial charge in [-0.3, -0.25) is 0 Å². The number of halogens is 1. The number of aliphatic hydroxyl groups excluding tert-OH is 1. The molecule has 2 aromatic heterocycles. The number of hydrogen-bond donors (Lipinski definition) is 4. The molecule has 1 atom stereocenters. The molecule has 162 valence electrons. The van der Waals surface area contributed by atoms with Crippen molar-refractivity contribution in [2.45, 2.75) is 19.9 Å². The van der Waals surface area contributed by atoms with Crippen LogP contribution in [0.2, 0.25) is 0 Å². The van der Waals surface area contributed by atoms with E-state index in [1.54, 1.807) is 19.2 Å². The van der Waals surface area contributed by atoms with Gasteiger partial charge in [-0.05, 0) is 30.9 Å². The Morgan fingerprint density at radius 1 is 1.39 bits per heavy atom. The van der Waals surface area contributed by atoms with Crippen molar-refractivity contribution in [3.63, 3.8) is 0 Å². The summed E-state index contributed by atoms with van der Waals surface area (Å²) in [5.41, 5.74) is 8.32. The Morgan fingerprint density at radius 3 is 2.97 bits per heavy atom. The zero-order valence-corrected chi connectivity index (χ0v) is 17.0. The number of aliphatic hydroxyl groups is 1. The number of pyridine rings is 2. The van der Waals surface area contributed by atoms with E-state index >= 15 is 4.39 Å². The van der Waals surface area contributed by atoms with E-state index in [2.05, 4.69) is 20.6 Å². The van der Waals surface area contributed by atoms with Crippen LogP contribution in [0.5, 0.6) is 11.8 Å². The molecule has 3 aromatic rings. The van der Waals surface area contributed by atoms with Gasteiger partial charge in [0.15, 0.2) is 5.82 Å². The molecule has 0 saturated carbocycles. The average Bonchev–Trinajstić information content (AvgIpc) is 2.76. The molecule has 31 heavy (non-hydrogen) atoms. The smallest absolute Gasteiger partial charge is 0.414 e. The Labute approximate surface area is 177 Å². The molecule has 0 radical (unpaired) electrons. The lowest BCUT2D eigenvalue weighted by atomic mass is 9.97. The Kier molecular flexibility index (Phi) is 5.47. The number of nitrogens with one attached hydrogen (secondary N) is 2. The third kappa shape index (κ3) is 3.89. The summed E-state index contributed by atoms with van der Waals surface area (Å²) in [7, 11) is 0. The number of hydrogen-bond acceptors (Lipinski definition) is 8. The van der Waals surface area contributed by atoms with E-state index in [0.717, 1.165) is 11.3 Å². The number of benzene rings is 1. The maximum Gasteiger partial charge on any atom is 0.414 e. The molecule has 10 heteroatoms. The van der Waals surface area contributed by atoms with Gasteiger partial charge >= 0.3 is 6.09 Å². The molecular formula is C21H22FN5O4. The molecule has 4 rings (SSSR count). The zero-order chi connectivity index (χ0) is 22.1. The number of carbonyl (C=O) groups excluding carboxylic acids is 1. The first-order valence-electron chi connectivity index (χ1n) is 9.72. The quantitative estimate of drug-likeness (QED) is 0.467. The van der Waals surface area contributed by atoms with Crippen molar-refractivity contribution in [2.24, 2.45) is 0 Å². The molecule has 1 amide bonds. The monoisotopic (exact) mass is 427 g/mol. The Balaban J connectivity index is 1.75. The van der Waals surface area contributed by atoms with E-state index in [9.17, 15) is 4.79 Å². The number of ether oxygens (including phenoxy) is 2. The Morgan fingerprint density at radius 2 is 2.19 bits per heavy atom. The predicted molar refractivity (Wildman–Crippen MR) is 114 cm³/mol. The van der Waals surface area contributed by atoms with Gasteiger partial charge in [0.25, 0.3) is 0 Å². The standard InChI is InChI=1S/C21H22FN5O4/c1-10(9-28)27-21(29)31-16-6-12-5-13(17(22)18(23)15(12)8-25-16)14-7-26-20-19(11(14)2)24-3-4-30-20/h5-8,10,24,28H,3-4,9,23H2,1-2H3,(H,27,29)/t10-/m0/s1. The minimum atomic E-state index is -0.760. The summed E-state index contributed by atoms with van der Waals surface area (Å²) in [5, 5.41) is 15.7. The van der Waals surface area contributed by atoms with Crippen LogP contribution >= 0.6 is 0 Å². The van der Waals surface area contributed by atoms with Gasteiger partial charge in [-0.2, -0.15) is 0 Å². The van der Waals surface area contributed by atoms with Crippen LogP contribution in [0.15, 0.2) is 24.5 Å². The van der Waals surface area contributed by atoms with Gasteiger partial charge in [0.1, 0.15) is 12.3 Å². The first-order valence-corrected chi connectivity index (χ1v) is 9.72. The summed E-state index contributed by atoms with van der Waals surface area (Å²) in [6.07, 6.45) is 2.14. The molecule has 1 aromatic carbocycles. The SMILES string of the molecule is Cc1c(-c2cc3cc(OC(=O)N[C@@H](C)CO)ncc3c(N)c2F)cnc2c1NCCO2. The van der Waals surface area contributed by atoms with Crippen LogP contribution in [0.3, 0.4) is 0 Å². The first kappa shape index (κ1) is 20.6. The van der Waals surface area contributed by atoms with Crippen LogP contribution in [0.4, 0.5) is 20.6 Å². The van der Waals surface area contributed by atoms with Gasteiger partial charge in [0.2, 0.25) is 11.8 Å². The lowest BCUT2D eigenvalue weighted by molar-refractivity contribution is 0.184. The second-order valence-electron chi connectivity index (χ2n) is 7.27. The third-order valence-electron chi connectivity index (χ3n) is 5.05. The highest BCUT2D eigenvalue weighted by atomic mass is 19.1. The minimum Gasteiger partial charge on any atom is -0.474 e. The van der Waals surface area contributed by atoms with Crippen LogP contribution in [0, 0.1) is 12.7 Å². The minimum absolute atomic E-state index is 0.0162. The van der Waals surface area contributed by atoms with Crippen molar-refractivity contribution < 1.29 is 23.8 Å². The molecule has 5 N–H and O–H groups in total. The molecule has 3 heterocycles. The summed E-state index contributed by atoms with van der Waals surface area (Å²) in [5.74, 6) is -0.0915. The summed E-state index contributed by atoms with van der Waals surface area (Å²) in [6, 6.07) is 2.64. The number of nitrogens with zero attached hydrogens (tertiary/aromatic N) is 2. The fourth-order valence-corrected chi connectivity index (χ4v) is 3.39. The molecule has 1 aliphatic rings. The lowest BCUT2D eigenvalue weighted by Gasteiger charge is -2.22. The van der Waals surface area contributed by atoms with Crippen LogP contribution in [-0.4, -0.2) is 47.0 Å². The van der Waals surface area contributed by atoms with E-state index in [4.69, 9.17) is 20.3 Å². The van der Waals surface area contributed by atoms with E-state index in [-0.39, 0.29) is 23.7 Å². The van der Waals surface area contributed by atoms with Gasteiger partial charge in [-0.15, -0.1) is 0 Å². The maximum absolute atomic E-state index is 15.2. The first-order chi connectivity index (χ1) is 14.9. The third-order valence-corrected chi connectivity index (χ3v) is 5.05. The number of carbonyl (C=O) groups is 1. The molecule has 0 spiro atoms. The van der Waals surface area contributed by atoms with E-state index < -0.39 is 18.0 Å². The van der Waals surface area contributed by atoms with Crippen molar-refractivity contribution in [1.29, 1.82) is 0 Å². The number of rotatable bonds is 4. The van der Waals surface area contributed by atoms with Gasteiger partial charge in [0, 0.05) is 41.5 Å². The van der Waals surface area contributed by atoms with Gasteiger partial charge < -0.3 is 30.9 Å². The molecular weight excluding hydrogens is 405 g/mol. The second-order valence-corrected chi connectivity index (χ2v) is 7.27. The topological polar surface area (TPSA) is 132 Å². The molecule has 0 bridgehead atoms. The fraction of sp³-hybridized carbons (Fsp3) is 0.286. The largest absolute Gasteiger partial charge is 0.474 e. The average molecular weight is 427 g/mol. The van der Waals surface area contributed by atoms with Crippen LogP contribution in [-0.2, 0) is 0 Å². The zero-order valence-electron chi connectivity index (χ0n) is 17.0. The van der Waals surface area contributed by atoms with Crippen LogP contribution < -0.4 is 25.8 Å². The van der Waals surface area contributed by atoms with Gasteiger partial charge in [-0.25, -0.2) is 19.2 Å². The van der Waals surface area contributed by atoms with Crippen molar-refractivity contribution in [2.75, 3.05) is 30.8 Å². The van der Waals surface area contributed by atoms with Crippen molar-refractivity contribution >= 4 is 28.2 Å². The summed E-state index contributed by atoms with van der Waals surface area (Å²) < 4.78 is 25.9. The number of nitrogens with two attached hydrogens (primary N) is 1. The summed E-state index contributed by atoms with van der Waals surface area (Å²) in [6.45, 7) is 4.39. The van der Waals surface area contributed by atoms with E-state index in [0.29, 0.717) is 35.4 Å². The molecule has 0 fully saturated rings. The van der Waals surface area contributed by atoms with Gasteiger partial charge in [0.05, 0.1) is 18.3 Å².